The number of nitrogen functional groups attached to an aromatic ring is 1. The molecule has 0 aromatic heterocycles. The number of nitrogens with one attached hydrogen (secondary N) is 1. The minimum absolute atomic E-state index is 0.117. The molecule has 0 radical (unpaired) electrons. The van der Waals surface area contributed by atoms with Gasteiger partial charge in [0.05, 0.1) is 6.10 Å². The van der Waals surface area contributed by atoms with Crippen LogP contribution in [0.15, 0.2) is 18.2 Å². The second-order valence-corrected chi connectivity index (χ2v) is 3.99. The highest BCUT2D eigenvalue weighted by atomic mass is 16.3. The van der Waals surface area contributed by atoms with Crippen LogP contribution in [0, 0.1) is 6.92 Å². The average molecular weight is 192 g/mol. The largest absolute Gasteiger partial charge is 0.398 e. The van der Waals surface area contributed by atoms with Crippen molar-refractivity contribution in [3.05, 3.63) is 23.8 Å². The maximum atomic E-state index is 9.16. The van der Waals surface area contributed by atoms with Gasteiger partial charge in [0, 0.05) is 17.4 Å². The summed E-state index contributed by atoms with van der Waals surface area (Å²) in [5, 5.41) is 12.5. The standard InChI is InChI=1S/C11H16N2O/c1-7-10(12)3-2-4-11(7)13-8-5-9(14)6-8/h2-4,8-9,13-14H,5-6,12H2,1H3. The Kier molecular flexibility index (Phi) is 2.33. The smallest absolute Gasteiger partial charge is 0.0579 e. The topological polar surface area (TPSA) is 58.3 Å². The van der Waals surface area contributed by atoms with Crippen LogP contribution in [0.1, 0.15) is 18.4 Å². The molecule has 1 saturated carbocycles. The quantitative estimate of drug-likeness (QED) is 0.622. The number of benzene rings is 1. The van der Waals surface area contributed by atoms with Gasteiger partial charge in [0.15, 0.2) is 0 Å². The van der Waals surface area contributed by atoms with Crippen molar-refractivity contribution in [2.45, 2.75) is 31.9 Å². The van der Waals surface area contributed by atoms with Crippen LogP contribution in [-0.2, 0) is 0 Å². The van der Waals surface area contributed by atoms with Gasteiger partial charge in [-0.2, -0.15) is 0 Å². The van der Waals surface area contributed by atoms with Crippen molar-refractivity contribution in [2.24, 2.45) is 0 Å². The molecule has 4 N–H and O–H groups in total. The number of nitrogens with two attached hydrogens (primary N) is 1. The van der Waals surface area contributed by atoms with Crippen LogP contribution < -0.4 is 11.1 Å². The van der Waals surface area contributed by atoms with Crippen molar-refractivity contribution in [3.8, 4) is 0 Å². The second-order valence-electron chi connectivity index (χ2n) is 3.99. The maximum Gasteiger partial charge on any atom is 0.0579 e. The Bertz CT molecular complexity index is 332. The van der Waals surface area contributed by atoms with E-state index >= 15 is 0 Å². The third-order valence-electron chi connectivity index (χ3n) is 2.85. The van der Waals surface area contributed by atoms with Crippen molar-refractivity contribution in [1.29, 1.82) is 0 Å². The lowest BCUT2D eigenvalue weighted by Crippen LogP contribution is -2.39. The molecular weight excluding hydrogens is 176 g/mol. The van der Waals surface area contributed by atoms with Crippen LogP contribution in [0.2, 0.25) is 0 Å². The van der Waals surface area contributed by atoms with Gasteiger partial charge in [0.2, 0.25) is 0 Å². The van der Waals surface area contributed by atoms with Gasteiger partial charge in [-0.1, -0.05) is 6.07 Å². The van der Waals surface area contributed by atoms with E-state index in [4.69, 9.17) is 10.8 Å². The van der Waals surface area contributed by atoms with Crippen LogP contribution in [0.5, 0.6) is 0 Å². The first-order chi connectivity index (χ1) is 6.66. The number of anilines is 2. The first kappa shape index (κ1) is 9.34. The lowest BCUT2D eigenvalue weighted by atomic mass is 9.89. The average Bonchev–Trinajstić information content (AvgIpc) is 2.10. The predicted molar refractivity (Wildman–Crippen MR) is 58.2 cm³/mol. The van der Waals surface area contributed by atoms with Gasteiger partial charge in [-0.25, -0.2) is 0 Å². The highest BCUT2D eigenvalue weighted by molar-refractivity contribution is 5.63. The van der Waals surface area contributed by atoms with E-state index in [2.05, 4.69) is 5.32 Å². The second kappa shape index (κ2) is 3.50. The van der Waals surface area contributed by atoms with Crippen molar-refractivity contribution >= 4 is 11.4 Å². The summed E-state index contributed by atoms with van der Waals surface area (Å²) in [6.45, 7) is 2.01. The molecular formula is C11H16N2O. The number of hydrogen-bond donors (Lipinski definition) is 3. The van der Waals surface area contributed by atoms with E-state index in [1.807, 2.05) is 25.1 Å². The molecule has 2 rings (SSSR count). The van der Waals surface area contributed by atoms with E-state index in [1.165, 1.54) is 0 Å². The van der Waals surface area contributed by atoms with Crippen LogP contribution in [0.4, 0.5) is 11.4 Å². The summed E-state index contributed by atoms with van der Waals surface area (Å²) in [5.74, 6) is 0. The molecule has 1 fully saturated rings. The SMILES string of the molecule is Cc1c(N)cccc1NC1CC(O)C1. The zero-order valence-electron chi connectivity index (χ0n) is 8.33. The van der Waals surface area contributed by atoms with Gasteiger partial charge in [-0.15, -0.1) is 0 Å². The Morgan fingerprint density at radius 2 is 2.14 bits per heavy atom. The molecule has 0 heterocycles. The van der Waals surface area contributed by atoms with E-state index in [0.29, 0.717) is 6.04 Å². The van der Waals surface area contributed by atoms with Crippen LogP contribution in [0.25, 0.3) is 0 Å². The minimum Gasteiger partial charge on any atom is -0.398 e. The highest BCUT2D eigenvalue weighted by Crippen LogP contribution is 2.27. The Hall–Kier alpha value is -1.22. The molecule has 0 atom stereocenters. The van der Waals surface area contributed by atoms with Gasteiger partial charge in [0.1, 0.15) is 0 Å². The molecule has 3 nitrogen and oxygen atoms in total. The third kappa shape index (κ3) is 1.68. The van der Waals surface area contributed by atoms with Crippen molar-refractivity contribution in [2.75, 3.05) is 11.1 Å². The summed E-state index contributed by atoms with van der Waals surface area (Å²) in [7, 11) is 0. The van der Waals surface area contributed by atoms with Crippen LogP contribution >= 0.6 is 0 Å². The molecule has 0 saturated heterocycles. The van der Waals surface area contributed by atoms with E-state index in [9.17, 15) is 0 Å². The summed E-state index contributed by atoms with van der Waals surface area (Å²) in [5.41, 5.74) is 8.79. The fraction of sp³-hybridized carbons (Fsp3) is 0.455. The zero-order valence-corrected chi connectivity index (χ0v) is 8.33. The van der Waals surface area contributed by atoms with Gasteiger partial charge < -0.3 is 16.2 Å². The molecule has 0 spiro atoms. The molecule has 1 aliphatic carbocycles. The van der Waals surface area contributed by atoms with Gasteiger partial charge in [-0.05, 0) is 37.5 Å². The van der Waals surface area contributed by atoms with Crippen molar-refractivity contribution in [3.63, 3.8) is 0 Å². The molecule has 3 heteroatoms. The normalized spacial score (nSPS) is 25.6. The minimum atomic E-state index is -0.117. The molecule has 1 aromatic rings. The molecule has 1 aliphatic rings. The fourth-order valence-corrected chi connectivity index (χ4v) is 1.74. The molecule has 0 bridgehead atoms. The third-order valence-corrected chi connectivity index (χ3v) is 2.85. The number of aliphatic hydroxyl groups is 1. The number of hydrogen-bond acceptors (Lipinski definition) is 3. The van der Waals surface area contributed by atoms with Gasteiger partial charge in [-0.3, -0.25) is 0 Å². The fourth-order valence-electron chi connectivity index (χ4n) is 1.74. The highest BCUT2D eigenvalue weighted by Gasteiger charge is 2.27. The first-order valence-corrected chi connectivity index (χ1v) is 4.96. The van der Waals surface area contributed by atoms with Gasteiger partial charge >= 0.3 is 0 Å². The summed E-state index contributed by atoms with van der Waals surface area (Å²) in [6, 6.07) is 6.28. The van der Waals surface area contributed by atoms with Crippen molar-refractivity contribution in [1.82, 2.24) is 0 Å². The lowest BCUT2D eigenvalue weighted by Gasteiger charge is -2.33. The van der Waals surface area contributed by atoms with Crippen LogP contribution in [0.3, 0.4) is 0 Å². The van der Waals surface area contributed by atoms with Crippen molar-refractivity contribution < 1.29 is 5.11 Å². The van der Waals surface area contributed by atoms with Crippen LogP contribution in [-0.4, -0.2) is 17.3 Å². The van der Waals surface area contributed by atoms with Gasteiger partial charge in [0.25, 0.3) is 0 Å². The van der Waals surface area contributed by atoms with E-state index in [0.717, 1.165) is 29.8 Å². The Labute approximate surface area is 83.9 Å². The zero-order chi connectivity index (χ0) is 10.1. The monoisotopic (exact) mass is 192 g/mol. The Balaban J connectivity index is 2.06. The molecule has 0 amide bonds. The summed E-state index contributed by atoms with van der Waals surface area (Å²) < 4.78 is 0. The molecule has 0 unspecified atom stereocenters. The lowest BCUT2D eigenvalue weighted by molar-refractivity contribution is 0.0836. The molecule has 0 aliphatic heterocycles. The maximum absolute atomic E-state index is 9.16. The predicted octanol–water partition coefficient (Wildman–Crippen LogP) is 1.51. The summed E-state index contributed by atoms with van der Waals surface area (Å²) in [6.07, 6.45) is 1.57. The summed E-state index contributed by atoms with van der Waals surface area (Å²) in [4.78, 5) is 0. The Morgan fingerprint density at radius 3 is 2.79 bits per heavy atom. The van der Waals surface area contributed by atoms with E-state index in [-0.39, 0.29) is 6.10 Å². The molecule has 1 aromatic carbocycles. The number of aliphatic hydroxyl groups excluding tert-OH is 1. The van der Waals surface area contributed by atoms with E-state index in [1.54, 1.807) is 0 Å². The number of rotatable bonds is 2. The Morgan fingerprint density at radius 1 is 1.43 bits per heavy atom. The first-order valence-electron chi connectivity index (χ1n) is 4.96. The van der Waals surface area contributed by atoms with E-state index < -0.39 is 0 Å². The molecule has 14 heavy (non-hydrogen) atoms. The summed E-state index contributed by atoms with van der Waals surface area (Å²) >= 11 is 0. The molecule has 76 valence electrons.